The average molecular weight is 145 g/mol. The van der Waals surface area contributed by atoms with E-state index in [-0.39, 0.29) is 0 Å². The zero-order valence-electron chi connectivity index (χ0n) is 6.40. The molecule has 0 radical (unpaired) electrons. The van der Waals surface area contributed by atoms with Crippen LogP contribution in [0.15, 0.2) is 30.2 Å². The minimum atomic E-state index is 0.676. The topological polar surface area (TPSA) is 3.24 Å². The van der Waals surface area contributed by atoms with E-state index < -0.39 is 0 Å². The molecule has 2 aliphatic heterocycles. The minimum Gasteiger partial charge on any atom is -0.370 e. The molecule has 1 fully saturated rings. The zero-order chi connectivity index (χ0) is 7.26. The van der Waals surface area contributed by atoms with E-state index in [1.165, 1.54) is 13.0 Å². The summed E-state index contributed by atoms with van der Waals surface area (Å²) in [6.45, 7) is 1.25. The van der Waals surface area contributed by atoms with E-state index in [0.29, 0.717) is 6.04 Å². The van der Waals surface area contributed by atoms with E-state index in [9.17, 15) is 0 Å². The number of nitrogens with zero attached hydrogens (tertiary/aromatic N) is 1. The van der Waals surface area contributed by atoms with Crippen molar-refractivity contribution in [2.75, 3.05) is 6.54 Å². The highest BCUT2D eigenvalue weighted by atomic mass is 15.2. The molecule has 0 aromatic heterocycles. The standard InChI is InChI=1S/C10H11N/c1-2-4-10-9(3-1)8-5-6-11(10)7-8/h1,4-6,8-10H,3,7H2. The number of hydrogen-bond donors (Lipinski definition) is 0. The first kappa shape index (κ1) is 5.68. The van der Waals surface area contributed by atoms with Gasteiger partial charge in [0.15, 0.2) is 0 Å². The Labute approximate surface area is 66.7 Å². The summed E-state index contributed by atoms with van der Waals surface area (Å²) >= 11 is 0. The lowest BCUT2D eigenvalue weighted by Crippen LogP contribution is -2.28. The van der Waals surface area contributed by atoms with Crippen molar-refractivity contribution in [3.05, 3.63) is 30.2 Å². The largest absolute Gasteiger partial charge is 0.370 e. The van der Waals surface area contributed by atoms with Crippen molar-refractivity contribution in [3.8, 4) is 0 Å². The molecule has 0 N–H and O–H groups in total. The van der Waals surface area contributed by atoms with Crippen LogP contribution >= 0.6 is 0 Å². The summed E-state index contributed by atoms with van der Waals surface area (Å²) in [5.74, 6) is 1.69. The number of fused-ring (bicyclic) bond motifs is 5. The van der Waals surface area contributed by atoms with Crippen LogP contribution in [0.5, 0.6) is 0 Å². The summed E-state index contributed by atoms with van der Waals surface area (Å²) in [6, 6.07) is 0.676. The average Bonchev–Trinajstić information content (AvgIpc) is 2.64. The summed E-state index contributed by atoms with van der Waals surface area (Å²) < 4.78 is 0. The smallest absolute Gasteiger partial charge is 0.0579 e. The fraction of sp³-hybridized carbons (Fsp3) is 0.500. The highest BCUT2D eigenvalue weighted by Crippen LogP contribution is 2.39. The molecule has 3 aliphatic rings. The molecule has 2 heterocycles. The molecule has 0 spiro atoms. The molecular weight excluding hydrogens is 134 g/mol. The molecule has 1 aliphatic carbocycles. The van der Waals surface area contributed by atoms with Gasteiger partial charge in [-0.3, -0.25) is 0 Å². The second-order valence-corrected chi connectivity index (χ2v) is 3.63. The lowest BCUT2D eigenvalue weighted by atomic mass is 9.85. The van der Waals surface area contributed by atoms with Gasteiger partial charge in [-0.15, -0.1) is 5.73 Å². The predicted molar refractivity (Wildman–Crippen MR) is 43.9 cm³/mol. The first-order valence-electron chi connectivity index (χ1n) is 4.30. The molecule has 3 rings (SSSR count). The van der Waals surface area contributed by atoms with Crippen LogP contribution in [0.25, 0.3) is 0 Å². The molecule has 2 bridgehead atoms. The molecule has 56 valence electrons. The number of rotatable bonds is 0. The molecule has 1 heteroatoms. The van der Waals surface area contributed by atoms with Crippen molar-refractivity contribution < 1.29 is 0 Å². The Balaban J connectivity index is 2.04. The van der Waals surface area contributed by atoms with Crippen molar-refractivity contribution >= 4 is 0 Å². The third kappa shape index (κ3) is 0.617. The minimum absolute atomic E-state index is 0.676. The second kappa shape index (κ2) is 1.80. The van der Waals surface area contributed by atoms with Crippen LogP contribution in [0.2, 0.25) is 0 Å². The van der Waals surface area contributed by atoms with Crippen molar-refractivity contribution in [1.29, 1.82) is 0 Å². The summed E-state index contributed by atoms with van der Waals surface area (Å²) in [4.78, 5) is 2.44. The van der Waals surface area contributed by atoms with Crippen LogP contribution in [0.1, 0.15) is 6.42 Å². The van der Waals surface area contributed by atoms with Gasteiger partial charge < -0.3 is 4.90 Å². The third-order valence-corrected chi connectivity index (χ3v) is 3.09. The van der Waals surface area contributed by atoms with E-state index in [1.807, 2.05) is 0 Å². The lowest BCUT2D eigenvalue weighted by Gasteiger charge is -2.27. The molecule has 1 saturated heterocycles. The number of hydrogen-bond acceptors (Lipinski definition) is 1. The fourth-order valence-corrected chi connectivity index (χ4v) is 2.49. The van der Waals surface area contributed by atoms with Crippen molar-refractivity contribution in [1.82, 2.24) is 4.90 Å². The first-order valence-corrected chi connectivity index (χ1v) is 4.30. The van der Waals surface area contributed by atoms with Gasteiger partial charge >= 0.3 is 0 Å². The molecule has 11 heavy (non-hydrogen) atoms. The van der Waals surface area contributed by atoms with E-state index in [2.05, 4.69) is 35.1 Å². The molecule has 1 nitrogen and oxygen atoms in total. The van der Waals surface area contributed by atoms with E-state index >= 15 is 0 Å². The highest BCUT2D eigenvalue weighted by Gasteiger charge is 2.41. The van der Waals surface area contributed by atoms with Gasteiger partial charge in [0.2, 0.25) is 0 Å². The van der Waals surface area contributed by atoms with Gasteiger partial charge in [0.25, 0.3) is 0 Å². The Morgan fingerprint density at radius 1 is 1.45 bits per heavy atom. The first-order chi connectivity index (χ1) is 5.45. The molecule has 0 saturated carbocycles. The van der Waals surface area contributed by atoms with Crippen LogP contribution in [0, 0.1) is 11.8 Å². The molecule has 0 aromatic rings. The SMILES string of the molecule is C1=CCC2C3C=CN(C3)C2C=1. The monoisotopic (exact) mass is 145 g/mol. The third-order valence-electron chi connectivity index (χ3n) is 3.09. The van der Waals surface area contributed by atoms with Crippen LogP contribution in [-0.4, -0.2) is 17.5 Å². The second-order valence-electron chi connectivity index (χ2n) is 3.63. The summed E-state index contributed by atoms with van der Waals surface area (Å²) in [6.07, 6.45) is 10.2. The van der Waals surface area contributed by atoms with Crippen molar-refractivity contribution in [2.45, 2.75) is 12.5 Å². The summed E-state index contributed by atoms with van der Waals surface area (Å²) in [5, 5.41) is 0. The van der Waals surface area contributed by atoms with E-state index in [1.54, 1.807) is 0 Å². The predicted octanol–water partition coefficient (Wildman–Crippen LogP) is 1.55. The quantitative estimate of drug-likeness (QED) is 0.467. The highest BCUT2D eigenvalue weighted by molar-refractivity contribution is 5.20. The maximum absolute atomic E-state index is 3.22. The van der Waals surface area contributed by atoms with Gasteiger partial charge in [0.1, 0.15) is 0 Å². The van der Waals surface area contributed by atoms with Crippen molar-refractivity contribution in [2.24, 2.45) is 11.8 Å². The normalized spacial score (nSPS) is 43.6. The lowest BCUT2D eigenvalue weighted by molar-refractivity contribution is 0.341. The van der Waals surface area contributed by atoms with Gasteiger partial charge in [-0.2, -0.15) is 0 Å². The maximum Gasteiger partial charge on any atom is 0.0579 e. The Morgan fingerprint density at radius 3 is 3.36 bits per heavy atom. The molecule has 3 unspecified atom stereocenters. The van der Waals surface area contributed by atoms with Crippen LogP contribution in [0.4, 0.5) is 0 Å². The van der Waals surface area contributed by atoms with Gasteiger partial charge in [0.05, 0.1) is 6.04 Å². The fourth-order valence-electron chi connectivity index (χ4n) is 2.49. The maximum atomic E-state index is 3.22. The molecule has 0 amide bonds. The Bertz CT molecular complexity index is 271. The van der Waals surface area contributed by atoms with Crippen LogP contribution < -0.4 is 0 Å². The van der Waals surface area contributed by atoms with Crippen molar-refractivity contribution in [3.63, 3.8) is 0 Å². The Hall–Kier alpha value is -0.940. The van der Waals surface area contributed by atoms with Gasteiger partial charge in [-0.05, 0) is 30.7 Å². The van der Waals surface area contributed by atoms with Crippen LogP contribution in [-0.2, 0) is 0 Å². The molecule has 0 aromatic carbocycles. The van der Waals surface area contributed by atoms with E-state index in [4.69, 9.17) is 0 Å². The Morgan fingerprint density at radius 2 is 2.45 bits per heavy atom. The zero-order valence-corrected chi connectivity index (χ0v) is 6.40. The van der Waals surface area contributed by atoms with Gasteiger partial charge in [0, 0.05) is 12.5 Å². The summed E-state index contributed by atoms with van der Waals surface area (Å²) in [7, 11) is 0. The molecular formula is C10H11N. The van der Waals surface area contributed by atoms with Gasteiger partial charge in [-0.1, -0.05) is 6.08 Å². The van der Waals surface area contributed by atoms with E-state index in [0.717, 1.165) is 11.8 Å². The van der Waals surface area contributed by atoms with Gasteiger partial charge in [-0.25, -0.2) is 0 Å². The summed E-state index contributed by atoms with van der Waals surface area (Å²) in [5.41, 5.74) is 3.22. The van der Waals surface area contributed by atoms with Crippen LogP contribution in [0.3, 0.4) is 0 Å². The molecule has 3 atom stereocenters. The Kier molecular flexibility index (Phi) is 0.931.